The number of alkyl halides is 1. The van der Waals surface area contributed by atoms with Crippen molar-refractivity contribution in [1.82, 2.24) is 0 Å². The molecule has 0 amide bonds. The summed E-state index contributed by atoms with van der Waals surface area (Å²) in [6.45, 7) is 2.13. The molecule has 0 heterocycles. The molecule has 0 aromatic heterocycles. The Morgan fingerprint density at radius 1 is 1.57 bits per heavy atom. The first-order valence-electron chi connectivity index (χ1n) is 4.25. The van der Waals surface area contributed by atoms with E-state index < -0.39 is 12.1 Å². The lowest BCUT2D eigenvalue weighted by Gasteiger charge is -2.10. The van der Waals surface area contributed by atoms with Crippen molar-refractivity contribution in [3.8, 4) is 5.75 Å². The number of halogens is 1. The molecule has 0 saturated carbocycles. The predicted octanol–water partition coefficient (Wildman–Crippen LogP) is 2.18. The SMILES string of the molecule is CCOc1ccccc1C(F)C(=O)O. The summed E-state index contributed by atoms with van der Waals surface area (Å²) in [5.74, 6) is -1.22. The fraction of sp³-hybridized carbons (Fsp3) is 0.300. The van der Waals surface area contributed by atoms with Gasteiger partial charge in [0, 0.05) is 5.56 Å². The Kier molecular flexibility index (Phi) is 3.45. The van der Waals surface area contributed by atoms with Gasteiger partial charge < -0.3 is 9.84 Å². The van der Waals surface area contributed by atoms with Gasteiger partial charge >= 0.3 is 5.97 Å². The summed E-state index contributed by atoms with van der Waals surface area (Å²) in [6.07, 6.45) is -2.03. The highest BCUT2D eigenvalue weighted by atomic mass is 19.1. The van der Waals surface area contributed by atoms with Crippen molar-refractivity contribution in [1.29, 1.82) is 0 Å². The van der Waals surface area contributed by atoms with Crippen LogP contribution in [0.2, 0.25) is 0 Å². The molecule has 1 aromatic carbocycles. The fourth-order valence-electron chi connectivity index (χ4n) is 1.11. The summed E-state index contributed by atoms with van der Waals surface area (Å²) in [6, 6.07) is 6.20. The molecule has 1 atom stereocenters. The van der Waals surface area contributed by atoms with Crippen LogP contribution in [0.25, 0.3) is 0 Å². The maximum atomic E-state index is 13.2. The van der Waals surface area contributed by atoms with Gasteiger partial charge in [0.2, 0.25) is 6.17 Å². The third kappa shape index (κ3) is 2.22. The van der Waals surface area contributed by atoms with Crippen molar-refractivity contribution < 1.29 is 19.0 Å². The van der Waals surface area contributed by atoms with Crippen LogP contribution < -0.4 is 4.74 Å². The molecular weight excluding hydrogens is 187 g/mol. The molecule has 1 unspecified atom stereocenters. The van der Waals surface area contributed by atoms with Crippen molar-refractivity contribution in [3.63, 3.8) is 0 Å². The normalized spacial score (nSPS) is 12.1. The first-order valence-corrected chi connectivity index (χ1v) is 4.25. The fourth-order valence-corrected chi connectivity index (χ4v) is 1.11. The first kappa shape index (κ1) is 10.5. The number of benzene rings is 1. The minimum Gasteiger partial charge on any atom is -0.493 e. The Morgan fingerprint density at radius 2 is 2.21 bits per heavy atom. The lowest BCUT2D eigenvalue weighted by atomic mass is 10.1. The zero-order valence-corrected chi connectivity index (χ0v) is 7.74. The standard InChI is InChI=1S/C10H11FO3/c1-2-14-8-6-4-3-5-7(8)9(11)10(12)13/h3-6,9H,2H2,1H3,(H,12,13). The summed E-state index contributed by atoms with van der Waals surface area (Å²) < 4.78 is 18.3. The molecule has 76 valence electrons. The number of para-hydroxylation sites is 1. The number of hydrogen-bond donors (Lipinski definition) is 1. The minimum absolute atomic E-state index is 0.0573. The summed E-state index contributed by atoms with van der Waals surface area (Å²) in [4.78, 5) is 10.4. The second kappa shape index (κ2) is 4.60. The molecule has 0 aliphatic rings. The molecule has 1 aromatic rings. The van der Waals surface area contributed by atoms with Crippen LogP contribution in [0.15, 0.2) is 24.3 Å². The number of ether oxygens (including phenoxy) is 1. The van der Waals surface area contributed by atoms with E-state index in [-0.39, 0.29) is 11.3 Å². The molecule has 1 N–H and O–H groups in total. The highest BCUT2D eigenvalue weighted by Crippen LogP contribution is 2.27. The van der Waals surface area contributed by atoms with Gasteiger partial charge in [0.15, 0.2) is 0 Å². The Bertz CT molecular complexity index is 325. The van der Waals surface area contributed by atoms with E-state index >= 15 is 0 Å². The summed E-state index contributed by atoms with van der Waals surface area (Å²) in [5.41, 5.74) is 0.0573. The van der Waals surface area contributed by atoms with Crippen LogP contribution in [0.3, 0.4) is 0 Å². The van der Waals surface area contributed by atoms with E-state index in [1.807, 2.05) is 0 Å². The topological polar surface area (TPSA) is 46.5 Å². The quantitative estimate of drug-likeness (QED) is 0.806. The molecule has 0 aliphatic heterocycles. The smallest absolute Gasteiger partial charge is 0.343 e. The highest BCUT2D eigenvalue weighted by Gasteiger charge is 2.21. The highest BCUT2D eigenvalue weighted by molar-refractivity contribution is 5.75. The van der Waals surface area contributed by atoms with E-state index in [0.717, 1.165) is 0 Å². The first-order chi connectivity index (χ1) is 6.66. The van der Waals surface area contributed by atoms with Crippen molar-refractivity contribution in [2.45, 2.75) is 13.1 Å². The molecule has 4 heteroatoms. The molecule has 3 nitrogen and oxygen atoms in total. The van der Waals surface area contributed by atoms with Crippen molar-refractivity contribution in [3.05, 3.63) is 29.8 Å². The molecule has 0 radical (unpaired) electrons. The molecule has 0 saturated heterocycles. The summed E-state index contributed by atoms with van der Waals surface area (Å²) in [5, 5.41) is 8.50. The third-order valence-corrected chi connectivity index (χ3v) is 1.71. The largest absolute Gasteiger partial charge is 0.493 e. The molecule has 0 fully saturated rings. The van der Waals surface area contributed by atoms with Crippen LogP contribution in [0.5, 0.6) is 5.75 Å². The van der Waals surface area contributed by atoms with Crippen molar-refractivity contribution in [2.24, 2.45) is 0 Å². The van der Waals surface area contributed by atoms with E-state index in [1.54, 1.807) is 25.1 Å². The maximum Gasteiger partial charge on any atom is 0.343 e. The van der Waals surface area contributed by atoms with E-state index in [9.17, 15) is 9.18 Å². The van der Waals surface area contributed by atoms with E-state index in [0.29, 0.717) is 6.61 Å². The van der Waals surface area contributed by atoms with E-state index in [1.165, 1.54) is 6.07 Å². The number of carboxylic acids is 1. The second-order valence-corrected chi connectivity index (χ2v) is 2.67. The Hall–Kier alpha value is -1.58. The lowest BCUT2D eigenvalue weighted by molar-refractivity contribution is -0.143. The van der Waals surface area contributed by atoms with Gasteiger partial charge in [-0.3, -0.25) is 0 Å². The summed E-state index contributed by atoms with van der Waals surface area (Å²) >= 11 is 0. The van der Waals surface area contributed by atoms with Crippen molar-refractivity contribution in [2.75, 3.05) is 6.61 Å². The Labute approximate surface area is 81.1 Å². The number of aliphatic carboxylic acids is 1. The van der Waals surface area contributed by atoms with Crippen molar-refractivity contribution >= 4 is 5.97 Å². The number of carbonyl (C=O) groups is 1. The average molecular weight is 198 g/mol. The monoisotopic (exact) mass is 198 g/mol. The van der Waals surface area contributed by atoms with Gasteiger partial charge in [-0.2, -0.15) is 0 Å². The molecule has 0 spiro atoms. The molecule has 0 aliphatic carbocycles. The van der Waals surface area contributed by atoms with E-state index in [2.05, 4.69) is 0 Å². The average Bonchev–Trinajstić information content (AvgIpc) is 2.18. The number of carboxylic acid groups (broad SMARTS) is 1. The molecule has 0 bridgehead atoms. The van der Waals surface area contributed by atoms with Gasteiger partial charge in [0.25, 0.3) is 0 Å². The van der Waals surface area contributed by atoms with Crippen LogP contribution >= 0.6 is 0 Å². The van der Waals surface area contributed by atoms with Gasteiger partial charge in [0.1, 0.15) is 5.75 Å². The number of rotatable bonds is 4. The van der Waals surface area contributed by atoms with Crippen LogP contribution in [0.4, 0.5) is 4.39 Å². The lowest BCUT2D eigenvalue weighted by Crippen LogP contribution is -2.08. The zero-order valence-electron chi connectivity index (χ0n) is 7.74. The summed E-state index contributed by atoms with van der Waals surface area (Å²) in [7, 11) is 0. The van der Waals surface area contributed by atoms with Gasteiger partial charge in [-0.15, -0.1) is 0 Å². The van der Waals surface area contributed by atoms with Gasteiger partial charge in [-0.05, 0) is 13.0 Å². The van der Waals surface area contributed by atoms with Crippen LogP contribution in [0, 0.1) is 0 Å². The Balaban J connectivity index is 3.00. The van der Waals surface area contributed by atoms with E-state index in [4.69, 9.17) is 9.84 Å². The van der Waals surface area contributed by atoms with Gasteiger partial charge in [0.05, 0.1) is 6.61 Å². The van der Waals surface area contributed by atoms with Gasteiger partial charge in [-0.25, -0.2) is 9.18 Å². The third-order valence-electron chi connectivity index (χ3n) is 1.71. The van der Waals surface area contributed by atoms with Crippen LogP contribution in [0.1, 0.15) is 18.7 Å². The second-order valence-electron chi connectivity index (χ2n) is 2.67. The van der Waals surface area contributed by atoms with Crippen LogP contribution in [-0.2, 0) is 4.79 Å². The van der Waals surface area contributed by atoms with Crippen LogP contribution in [-0.4, -0.2) is 17.7 Å². The van der Waals surface area contributed by atoms with Gasteiger partial charge in [-0.1, -0.05) is 18.2 Å². The maximum absolute atomic E-state index is 13.2. The molecule has 14 heavy (non-hydrogen) atoms. The molecular formula is C10H11FO3. The number of hydrogen-bond acceptors (Lipinski definition) is 2. The zero-order chi connectivity index (χ0) is 10.6. The Morgan fingerprint density at radius 3 is 2.79 bits per heavy atom. The molecule has 1 rings (SSSR count). The predicted molar refractivity (Wildman–Crippen MR) is 49.1 cm³/mol. The minimum atomic E-state index is -2.03.